The number of hydrogen-bond acceptors (Lipinski definition) is 2. The molecule has 0 saturated heterocycles. The van der Waals surface area contributed by atoms with Crippen LogP contribution >= 0.6 is 11.6 Å². The van der Waals surface area contributed by atoms with Gasteiger partial charge in [-0.2, -0.15) is 0 Å². The molecule has 3 aromatic rings. The molecule has 31 heavy (non-hydrogen) atoms. The molecule has 3 rings (SSSR count). The fraction of sp³-hybridized carbons (Fsp3) is 0.231. The van der Waals surface area contributed by atoms with E-state index in [1.807, 2.05) is 85.8 Å². The van der Waals surface area contributed by atoms with E-state index in [-0.39, 0.29) is 18.2 Å². The van der Waals surface area contributed by atoms with Crippen LogP contribution in [0.2, 0.25) is 5.02 Å². The number of rotatable bonds is 9. The molecule has 1 atom stereocenters. The zero-order valence-electron chi connectivity index (χ0n) is 17.6. The average molecular weight is 435 g/mol. The highest BCUT2D eigenvalue weighted by molar-refractivity contribution is 6.31. The van der Waals surface area contributed by atoms with Gasteiger partial charge < -0.3 is 10.2 Å². The summed E-state index contributed by atoms with van der Waals surface area (Å²) in [6.07, 6.45) is 0.574. The second-order valence-corrected chi connectivity index (χ2v) is 7.78. The summed E-state index contributed by atoms with van der Waals surface area (Å²) >= 11 is 6.30. The van der Waals surface area contributed by atoms with Gasteiger partial charge in [-0.1, -0.05) is 90.5 Å². The Morgan fingerprint density at radius 1 is 0.871 bits per heavy atom. The summed E-state index contributed by atoms with van der Waals surface area (Å²) < 4.78 is 0. The third kappa shape index (κ3) is 6.43. The van der Waals surface area contributed by atoms with Crippen LogP contribution in [0.3, 0.4) is 0 Å². The summed E-state index contributed by atoms with van der Waals surface area (Å²) in [5, 5.41) is 3.45. The third-order valence-electron chi connectivity index (χ3n) is 5.12. The monoisotopic (exact) mass is 434 g/mol. The van der Waals surface area contributed by atoms with Crippen LogP contribution in [-0.4, -0.2) is 29.3 Å². The van der Waals surface area contributed by atoms with Gasteiger partial charge >= 0.3 is 0 Å². The fourth-order valence-corrected chi connectivity index (χ4v) is 3.73. The smallest absolute Gasteiger partial charge is 0.243 e. The number of hydrogen-bond donors (Lipinski definition) is 1. The highest BCUT2D eigenvalue weighted by Crippen LogP contribution is 2.20. The zero-order valence-corrected chi connectivity index (χ0v) is 18.4. The van der Waals surface area contributed by atoms with Crippen molar-refractivity contribution in [3.05, 3.63) is 107 Å². The molecule has 1 N–H and O–H groups in total. The highest BCUT2D eigenvalue weighted by atomic mass is 35.5. The first-order chi connectivity index (χ1) is 15.1. The van der Waals surface area contributed by atoms with Gasteiger partial charge in [-0.25, -0.2) is 0 Å². The van der Waals surface area contributed by atoms with E-state index >= 15 is 0 Å². The summed E-state index contributed by atoms with van der Waals surface area (Å²) in [6, 6.07) is 26.2. The Balaban J connectivity index is 1.94. The van der Waals surface area contributed by atoms with Gasteiger partial charge in [0.1, 0.15) is 6.04 Å². The molecule has 0 unspecified atom stereocenters. The highest BCUT2D eigenvalue weighted by Gasteiger charge is 2.30. The molecule has 0 aliphatic carbocycles. The molecule has 0 aliphatic heterocycles. The number of likely N-dealkylation sites (N-methyl/N-ethyl adjacent to an activating group) is 1. The van der Waals surface area contributed by atoms with E-state index in [0.717, 1.165) is 16.7 Å². The lowest BCUT2D eigenvalue weighted by Gasteiger charge is -2.31. The lowest BCUT2D eigenvalue weighted by molar-refractivity contribution is -0.140. The second kappa shape index (κ2) is 11.3. The lowest BCUT2D eigenvalue weighted by Crippen LogP contribution is -2.50. The number of halogens is 1. The van der Waals surface area contributed by atoms with Crippen molar-refractivity contribution in [3.8, 4) is 0 Å². The average Bonchev–Trinajstić information content (AvgIpc) is 2.79. The van der Waals surface area contributed by atoms with Crippen LogP contribution in [0.25, 0.3) is 0 Å². The number of amides is 2. The Hall–Kier alpha value is -3.11. The van der Waals surface area contributed by atoms with Gasteiger partial charge in [0.05, 0.1) is 6.42 Å². The van der Waals surface area contributed by atoms with Crippen molar-refractivity contribution in [2.45, 2.75) is 32.4 Å². The van der Waals surface area contributed by atoms with Crippen LogP contribution in [0.15, 0.2) is 84.9 Å². The number of nitrogens with zero attached hydrogens (tertiary/aromatic N) is 1. The molecule has 3 aromatic carbocycles. The Labute approximate surface area is 188 Å². The van der Waals surface area contributed by atoms with Gasteiger partial charge in [-0.05, 0) is 29.7 Å². The van der Waals surface area contributed by atoms with Gasteiger partial charge in [-0.15, -0.1) is 0 Å². The van der Waals surface area contributed by atoms with Crippen molar-refractivity contribution in [2.75, 3.05) is 6.54 Å². The van der Waals surface area contributed by atoms with Crippen LogP contribution < -0.4 is 5.32 Å². The van der Waals surface area contributed by atoms with E-state index < -0.39 is 6.04 Å². The van der Waals surface area contributed by atoms with Crippen molar-refractivity contribution in [2.24, 2.45) is 0 Å². The zero-order chi connectivity index (χ0) is 22.1. The normalized spacial score (nSPS) is 11.5. The van der Waals surface area contributed by atoms with Gasteiger partial charge in [0.25, 0.3) is 0 Å². The standard InChI is InChI=1S/C26H27ClN2O2/c1-2-28-26(31)24(17-20-11-5-3-6-12-20)29(19-21-13-7-4-8-14-21)25(30)18-22-15-9-10-16-23(22)27/h3-16,24H,2,17-19H2,1H3,(H,28,31)/t24-/m0/s1. The maximum Gasteiger partial charge on any atom is 0.243 e. The molecule has 0 aromatic heterocycles. The number of carbonyl (C=O) groups is 2. The summed E-state index contributed by atoms with van der Waals surface area (Å²) in [6.45, 7) is 2.73. The largest absolute Gasteiger partial charge is 0.355 e. The molecule has 0 heterocycles. The molecule has 0 saturated carbocycles. The molecule has 0 spiro atoms. The van der Waals surface area contributed by atoms with E-state index in [1.165, 1.54) is 0 Å². The lowest BCUT2D eigenvalue weighted by atomic mass is 10.0. The van der Waals surface area contributed by atoms with Crippen LogP contribution in [0.4, 0.5) is 0 Å². The fourth-order valence-electron chi connectivity index (χ4n) is 3.53. The number of nitrogens with one attached hydrogen (secondary N) is 1. The van der Waals surface area contributed by atoms with Crippen molar-refractivity contribution in [1.29, 1.82) is 0 Å². The van der Waals surface area contributed by atoms with Crippen molar-refractivity contribution >= 4 is 23.4 Å². The SMILES string of the molecule is CCNC(=O)[C@H](Cc1ccccc1)N(Cc1ccccc1)C(=O)Cc1ccccc1Cl. The summed E-state index contributed by atoms with van der Waals surface area (Å²) in [4.78, 5) is 28.2. The minimum absolute atomic E-state index is 0.135. The van der Waals surface area contributed by atoms with Crippen LogP contribution in [0.5, 0.6) is 0 Å². The molecule has 0 aliphatic rings. The Morgan fingerprint density at radius 2 is 1.45 bits per heavy atom. The summed E-state index contributed by atoms with van der Waals surface area (Å²) in [5.41, 5.74) is 2.72. The van der Waals surface area contributed by atoms with Crippen molar-refractivity contribution < 1.29 is 9.59 Å². The quantitative estimate of drug-likeness (QED) is 0.532. The van der Waals surface area contributed by atoms with Crippen LogP contribution in [0.1, 0.15) is 23.6 Å². The topological polar surface area (TPSA) is 49.4 Å². The van der Waals surface area contributed by atoms with Crippen molar-refractivity contribution in [3.63, 3.8) is 0 Å². The molecule has 4 nitrogen and oxygen atoms in total. The summed E-state index contributed by atoms with van der Waals surface area (Å²) in [7, 11) is 0. The van der Waals surface area contributed by atoms with Gasteiger partial charge in [-0.3, -0.25) is 9.59 Å². The first kappa shape index (κ1) is 22.6. The van der Waals surface area contributed by atoms with Crippen molar-refractivity contribution in [1.82, 2.24) is 10.2 Å². The molecule has 0 fully saturated rings. The Kier molecular flexibility index (Phi) is 8.25. The number of benzene rings is 3. The number of carbonyl (C=O) groups excluding carboxylic acids is 2. The molecule has 160 valence electrons. The molecular weight excluding hydrogens is 408 g/mol. The molecular formula is C26H27ClN2O2. The van der Waals surface area contributed by atoms with Gasteiger partial charge in [0.15, 0.2) is 0 Å². The van der Waals surface area contributed by atoms with Crippen LogP contribution in [-0.2, 0) is 29.0 Å². The Bertz CT molecular complexity index is 993. The minimum Gasteiger partial charge on any atom is -0.355 e. The van der Waals surface area contributed by atoms with Crippen LogP contribution in [0, 0.1) is 0 Å². The predicted octanol–water partition coefficient (Wildman–Crippen LogP) is 4.66. The molecule has 5 heteroatoms. The maximum absolute atomic E-state index is 13.5. The molecule has 2 amide bonds. The van der Waals surface area contributed by atoms with Gasteiger partial charge in [0, 0.05) is 24.5 Å². The van der Waals surface area contributed by atoms with E-state index in [9.17, 15) is 9.59 Å². The molecule has 0 bridgehead atoms. The van der Waals surface area contributed by atoms with Gasteiger partial charge in [0.2, 0.25) is 11.8 Å². The maximum atomic E-state index is 13.5. The third-order valence-corrected chi connectivity index (χ3v) is 5.49. The Morgan fingerprint density at radius 3 is 2.06 bits per heavy atom. The van der Waals surface area contributed by atoms with E-state index in [1.54, 1.807) is 11.0 Å². The first-order valence-electron chi connectivity index (χ1n) is 10.5. The van der Waals surface area contributed by atoms with E-state index in [0.29, 0.717) is 24.5 Å². The summed E-state index contributed by atoms with van der Waals surface area (Å²) in [5.74, 6) is -0.293. The van der Waals surface area contributed by atoms with E-state index in [2.05, 4.69) is 5.32 Å². The second-order valence-electron chi connectivity index (χ2n) is 7.38. The molecule has 0 radical (unpaired) electrons. The van der Waals surface area contributed by atoms with E-state index in [4.69, 9.17) is 11.6 Å². The first-order valence-corrected chi connectivity index (χ1v) is 10.8. The minimum atomic E-state index is -0.627. The predicted molar refractivity (Wildman–Crippen MR) is 125 cm³/mol.